The predicted molar refractivity (Wildman–Crippen MR) is 120 cm³/mol. The minimum Gasteiger partial charge on any atom is -0.379 e. The van der Waals surface area contributed by atoms with Gasteiger partial charge in [-0.25, -0.2) is 4.98 Å². The van der Waals surface area contributed by atoms with Crippen molar-refractivity contribution in [2.45, 2.75) is 39.0 Å². The summed E-state index contributed by atoms with van der Waals surface area (Å²) in [5.74, 6) is -0.169. The zero-order valence-electron chi connectivity index (χ0n) is 18.0. The van der Waals surface area contributed by atoms with Crippen molar-refractivity contribution in [2.75, 3.05) is 38.2 Å². The number of H-pyrrole nitrogens is 1. The number of amides is 1. The van der Waals surface area contributed by atoms with Gasteiger partial charge >= 0.3 is 0 Å². The van der Waals surface area contributed by atoms with E-state index in [1.807, 2.05) is 12.1 Å². The van der Waals surface area contributed by atoms with Crippen LogP contribution in [-0.2, 0) is 11.2 Å². The summed E-state index contributed by atoms with van der Waals surface area (Å²) in [5.41, 5.74) is 5.30. The van der Waals surface area contributed by atoms with Crippen molar-refractivity contribution in [3.05, 3.63) is 52.6 Å². The first-order valence-corrected chi connectivity index (χ1v) is 11.0. The number of hydrogen-bond donors (Lipinski definition) is 2. The van der Waals surface area contributed by atoms with Gasteiger partial charge in [0, 0.05) is 30.9 Å². The van der Waals surface area contributed by atoms with Crippen LogP contribution in [0.2, 0.25) is 0 Å². The number of nitrogens with one attached hydrogen (secondary N) is 2. The van der Waals surface area contributed by atoms with Gasteiger partial charge in [-0.1, -0.05) is 12.1 Å². The Balaban J connectivity index is 1.54. The van der Waals surface area contributed by atoms with E-state index in [-0.39, 0.29) is 17.4 Å². The summed E-state index contributed by atoms with van der Waals surface area (Å²) in [4.78, 5) is 22.2. The van der Waals surface area contributed by atoms with Gasteiger partial charge in [-0.15, -0.1) is 0 Å². The maximum absolute atomic E-state index is 12.8. The molecule has 1 aromatic carbocycles. The van der Waals surface area contributed by atoms with Gasteiger partial charge < -0.3 is 15.0 Å². The molecule has 4 rings (SSSR count). The number of nitriles is 1. The monoisotopic (exact) mass is 419 g/mol. The highest BCUT2D eigenvalue weighted by molar-refractivity contribution is 6.03. The Kier molecular flexibility index (Phi) is 6.80. The Bertz CT molecular complexity index is 1010. The van der Waals surface area contributed by atoms with E-state index in [1.165, 1.54) is 24.0 Å². The largest absolute Gasteiger partial charge is 0.379 e. The minimum atomic E-state index is -0.330. The van der Waals surface area contributed by atoms with E-state index < -0.39 is 0 Å². The van der Waals surface area contributed by atoms with Gasteiger partial charge in [0.05, 0.1) is 18.9 Å². The first-order chi connectivity index (χ1) is 15.1. The highest BCUT2D eigenvalue weighted by atomic mass is 16.5. The van der Waals surface area contributed by atoms with E-state index >= 15 is 0 Å². The van der Waals surface area contributed by atoms with Crippen LogP contribution in [0.1, 0.15) is 58.8 Å². The normalized spacial score (nSPS) is 17.1. The number of benzene rings is 1. The summed E-state index contributed by atoms with van der Waals surface area (Å²) < 4.78 is 5.44. The number of imidazole rings is 1. The lowest BCUT2D eigenvalue weighted by molar-refractivity contribution is 0.0384. The molecule has 7 heteroatoms. The number of hydrogen-bond acceptors (Lipinski definition) is 5. The van der Waals surface area contributed by atoms with Crippen LogP contribution < -0.4 is 5.32 Å². The first-order valence-electron chi connectivity index (χ1n) is 11.0. The molecule has 0 atom stereocenters. The number of carbonyl (C=O) groups is 1. The third-order valence-corrected chi connectivity index (χ3v) is 6.00. The highest BCUT2D eigenvalue weighted by Crippen LogP contribution is 2.33. The second-order valence-electron chi connectivity index (χ2n) is 8.18. The average molecular weight is 420 g/mol. The fraction of sp³-hybridized carbons (Fsp3) is 0.458. The molecule has 1 fully saturated rings. The summed E-state index contributed by atoms with van der Waals surface area (Å²) in [6, 6.07) is 8.32. The van der Waals surface area contributed by atoms with Crippen molar-refractivity contribution >= 4 is 17.2 Å². The molecular weight excluding hydrogens is 390 g/mol. The topological polar surface area (TPSA) is 94.0 Å². The molecule has 162 valence electrons. The number of anilines is 1. The summed E-state index contributed by atoms with van der Waals surface area (Å²) in [6.45, 7) is 6.34. The van der Waals surface area contributed by atoms with Gasteiger partial charge in [0.1, 0.15) is 6.07 Å². The van der Waals surface area contributed by atoms with Crippen LogP contribution in [-0.4, -0.2) is 53.6 Å². The van der Waals surface area contributed by atoms with Crippen LogP contribution in [0.25, 0.3) is 5.57 Å². The summed E-state index contributed by atoms with van der Waals surface area (Å²) >= 11 is 0. The van der Waals surface area contributed by atoms with Crippen LogP contribution >= 0.6 is 0 Å². The zero-order valence-corrected chi connectivity index (χ0v) is 18.0. The second-order valence-corrected chi connectivity index (χ2v) is 8.18. The molecule has 31 heavy (non-hydrogen) atoms. The first kappa shape index (κ1) is 21.3. The maximum atomic E-state index is 12.8. The fourth-order valence-electron chi connectivity index (χ4n) is 4.17. The van der Waals surface area contributed by atoms with E-state index in [2.05, 4.69) is 38.4 Å². The maximum Gasteiger partial charge on any atom is 0.291 e. The molecule has 0 radical (unpaired) electrons. The zero-order chi connectivity index (χ0) is 21.6. The number of aromatic nitrogens is 2. The lowest BCUT2D eigenvalue weighted by atomic mass is 9.91. The van der Waals surface area contributed by atoms with Crippen molar-refractivity contribution < 1.29 is 9.53 Å². The van der Waals surface area contributed by atoms with Crippen LogP contribution in [0.5, 0.6) is 0 Å². The van der Waals surface area contributed by atoms with E-state index in [0.717, 1.165) is 63.4 Å². The Hall–Kier alpha value is -2.95. The Morgan fingerprint density at radius 2 is 2.16 bits per heavy atom. The number of ether oxygens (including phenoxy) is 1. The van der Waals surface area contributed by atoms with Crippen molar-refractivity contribution in [1.29, 1.82) is 5.26 Å². The Morgan fingerprint density at radius 1 is 1.32 bits per heavy atom. The number of carbonyl (C=O) groups excluding carboxylic acids is 1. The number of morpholine rings is 1. The standard InChI is InChI=1S/C24H29N5O2/c1-17-22(16-25)27-23(26-17)24(30)28-21-8-7-18(9-10-29-11-13-31-14-12-29)15-20(21)19-5-3-2-4-6-19/h5,7-8,15H,2-4,6,9-14H2,1H3,(H,26,27)(H,28,30). The van der Waals surface area contributed by atoms with Gasteiger partial charge in [0.15, 0.2) is 11.5 Å². The molecule has 2 aliphatic rings. The van der Waals surface area contributed by atoms with Gasteiger partial charge in [-0.3, -0.25) is 9.69 Å². The molecule has 1 aliphatic carbocycles. The number of nitrogens with zero attached hydrogens (tertiary/aromatic N) is 3. The van der Waals surface area contributed by atoms with Crippen molar-refractivity contribution in [3.8, 4) is 6.07 Å². The molecule has 0 unspecified atom stereocenters. The SMILES string of the molecule is Cc1[nH]c(C(=O)Nc2ccc(CCN3CCOCC3)cc2C2=CCCCC2)nc1C#N. The van der Waals surface area contributed by atoms with Crippen molar-refractivity contribution in [2.24, 2.45) is 0 Å². The molecule has 1 aromatic heterocycles. The van der Waals surface area contributed by atoms with Gasteiger partial charge in [-0.05, 0) is 62.3 Å². The van der Waals surface area contributed by atoms with Gasteiger partial charge in [0.25, 0.3) is 5.91 Å². The van der Waals surface area contributed by atoms with Crippen molar-refractivity contribution in [1.82, 2.24) is 14.9 Å². The molecule has 2 heterocycles. The van der Waals surface area contributed by atoms with E-state index in [0.29, 0.717) is 5.69 Å². The molecule has 2 aromatic rings. The third-order valence-electron chi connectivity index (χ3n) is 6.00. The molecule has 0 bridgehead atoms. The Morgan fingerprint density at radius 3 is 2.87 bits per heavy atom. The minimum absolute atomic E-state index is 0.161. The fourth-order valence-corrected chi connectivity index (χ4v) is 4.17. The summed E-state index contributed by atoms with van der Waals surface area (Å²) in [5, 5.41) is 12.1. The average Bonchev–Trinajstić information content (AvgIpc) is 3.20. The van der Waals surface area contributed by atoms with Crippen molar-refractivity contribution in [3.63, 3.8) is 0 Å². The smallest absolute Gasteiger partial charge is 0.291 e. The number of aromatic amines is 1. The van der Waals surface area contributed by atoms with Crippen LogP contribution in [0.15, 0.2) is 24.3 Å². The number of aryl methyl sites for hydroxylation is 1. The summed E-state index contributed by atoms with van der Waals surface area (Å²) in [7, 11) is 0. The van der Waals surface area contributed by atoms with Gasteiger partial charge in [0.2, 0.25) is 0 Å². The van der Waals surface area contributed by atoms with E-state index in [1.54, 1.807) is 6.92 Å². The van der Waals surface area contributed by atoms with E-state index in [4.69, 9.17) is 10.00 Å². The summed E-state index contributed by atoms with van der Waals surface area (Å²) in [6.07, 6.45) is 7.74. The molecule has 7 nitrogen and oxygen atoms in total. The molecule has 0 saturated carbocycles. The predicted octanol–water partition coefficient (Wildman–Crippen LogP) is 3.67. The molecule has 0 spiro atoms. The molecule has 1 aliphatic heterocycles. The molecule has 1 saturated heterocycles. The third kappa shape index (κ3) is 5.22. The van der Waals surface area contributed by atoms with Crippen LogP contribution in [0, 0.1) is 18.3 Å². The molecule has 2 N–H and O–H groups in total. The molecular formula is C24H29N5O2. The number of rotatable bonds is 6. The number of allylic oxidation sites excluding steroid dienone is 2. The lowest BCUT2D eigenvalue weighted by Gasteiger charge is -2.26. The van der Waals surface area contributed by atoms with Gasteiger partial charge in [-0.2, -0.15) is 5.26 Å². The highest BCUT2D eigenvalue weighted by Gasteiger charge is 2.18. The molecule has 1 amide bonds. The van der Waals surface area contributed by atoms with Crippen LogP contribution in [0.3, 0.4) is 0 Å². The Labute approximate surface area is 183 Å². The quantitative estimate of drug-likeness (QED) is 0.745. The lowest BCUT2D eigenvalue weighted by Crippen LogP contribution is -2.37. The van der Waals surface area contributed by atoms with Crippen LogP contribution in [0.4, 0.5) is 5.69 Å². The second kappa shape index (κ2) is 9.90. The van der Waals surface area contributed by atoms with E-state index in [9.17, 15) is 4.79 Å².